The van der Waals surface area contributed by atoms with Crippen LogP contribution in [0.3, 0.4) is 0 Å². The van der Waals surface area contributed by atoms with Gasteiger partial charge in [-0.25, -0.2) is 29.3 Å². The van der Waals surface area contributed by atoms with E-state index in [2.05, 4.69) is 25.3 Å². The lowest BCUT2D eigenvalue weighted by atomic mass is 10.2. The van der Waals surface area contributed by atoms with Gasteiger partial charge in [0.25, 0.3) is 5.56 Å². The molecule has 1 saturated heterocycles. The fraction of sp³-hybridized carbons (Fsp3) is 0.360. The highest BCUT2D eigenvalue weighted by atomic mass is 19.4. The van der Waals surface area contributed by atoms with E-state index in [0.717, 1.165) is 14.0 Å². The first-order valence-corrected chi connectivity index (χ1v) is 12.5. The van der Waals surface area contributed by atoms with Gasteiger partial charge < -0.3 is 14.8 Å². The van der Waals surface area contributed by atoms with Crippen LogP contribution in [0, 0.1) is 11.3 Å². The third-order valence-corrected chi connectivity index (χ3v) is 6.91. The molecule has 1 N–H and O–H groups in total. The van der Waals surface area contributed by atoms with Gasteiger partial charge in [-0.15, -0.1) is 0 Å². The number of nitrogens with zero attached hydrogens (tertiary/aromatic N) is 9. The van der Waals surface area contributed by atoms with Crippen LogP contribution in [0.4, 0.5) is 24.9 Å². The Kier molecular flexibility index (Phi) is 7.03. The molecule has 0 bridgehead atoms. The Bertz CT molecular complexity index is 1790. The average Bonchev–Trinajstić information content (AvgIpc) is 3.62. The van der Waals surface area contributed by atoms with Crippen molar-refractivity contribution in [2.24, 2.45) is 7.05 Å². The summed E-state index contributed by atoms with van der Waals surface area (Å²) in [4.78, 5) is 56.4. The third kappa shape index (κ3) is 5.01. The summed E-state index contributed by atoms with van der Waals surface area (Å²) >= 11 is 0. The van der Waals surface area contributed by atoms with Crippen molar-refractivity contribution in [3.63, 3.8) is 0 Å². The van der Waals surface area contributed by atoms with E-state index in [-0.39, 0.29) is 35.9 Å². The second-order valence-electron chi connectivity index (χ2n) is 9.45. The third-order valence-electron chi connectivity index (χ3n) is 6.91. The van der Waals surface area contributed by atoms with Crippen molar-refractivity contribution < 1.29 is 18.0 Å². The topological polar surface area (TPSA) is 157 Å². The number of alkyl halides is 3. The number of imidazole rings is 1. The summed E-state index contributed by atoms with van der Waals surface area (Å²) < 4.78 is 43.2. The monoisotopic (exact) mass is 568 g/mol. The predicted molar refractivity (Wildman–Crippen MR) is 140 cm³/mol. The van der Waals surface area contributed by atoms with E-state index in [1.54, 1.807) is 18.2 Å². The highest BCUT2D eigenvalue weighted by Gasteiger charge is 2.46. The first kappa shape index (κ1) is 27.5. The Labute approximate surface area is 229 Å². The number of nitrogens with one attached hydrogen (secondary N) is 1. The van der Waals surface area contributed by atoms with Crippen molar-refractivity contribution in [2.45, 2.75) is 44.6 Å². The molecule has 0 spiro atoms. The maximum Gasteiger partial charge on any atom is 0.408 e. The molecule has 0 radical (unpaired) electrons. The van der Waals surface area contributed by atoms with Crippen molar-refractivity contribution in [1.29, 1.82) is 5.26 Å². The van der Waals surface area contributed by atoms with Gasteiger partial charge in [-0.1, -0.05) is 6.07 Å². The quantitative estimate of drug-likeness (QED) is 0.367. The highest BCUT2D eigenvalue weighted by Crippen LogP contribution is 2.34. The lowest BCUT2D eigenvalue weighted by Crippen LogP contribution is -2.42. The molecule has 0 saturated carbocycles. The van der Waals surface area contributed by atoms with Crippen LogP contribution in [0.15, 0.2) is 46.5 Å². The number of fused-ring (bicyclic) bond motifs is 1. The Balaban J connectivity index is 1.37. The van der Waals surface area contributed by atoms with Crippen molar-refractivity contribution in [2.75, 3.05) is 16.8 Å². The van der Waals surface area contributed by atoms with Crippen molar-refractivity contribution >= 4 is 28.8 Å². The summed E-state index contributed by atoms with van der Waals surface area (Å²) in [6.45, 7) is 1.27. The predicted octanol–water partition coefficient (Wildman–Crippen LogP) is 2.00. The normalized spacial score (nSPS) is 16.1. The molecule has 1 aliphatic rings. The molecule has 1 amide bonds. The number of amides is 1. The number of aromatic nitrogens is 7. The van der Waals surface area contributed by atoms with Gasteiger partial charge >= 0.3 is 11.9 Å². The molecule has 4 aromatic rings. The first-order valence-electron chi connectivity index (χ1n) is 12.5. The van der Waals surface area contributed by atoms with Crippen molar-refractivity contribution in [1.82, 2.24) is 33.6 Å². The molecule has 4 aromatic heterocycles. The summed E-state index contributed by atoms with van der Waals surface area (Å²) in [5.41, 5.74) is -0.605. The average molecular weight is 569 g/mol. The molecule has 16 heteroatoms. The molecule has 1 fully saturated rings. The van der Waals surface area contributed by atoms with Gasteiger partial charge in [0, 0.05) is 31.5 Å². The van der Waals surface area contributed by atoms with Crippen LogP contribution in [0.25, 0.3) is 22.4 Å². The molecule has 0 aromatic carbocycles. The Morgan fingerprint density at radius 3 is 2.63 bits per heavy atom. The van der Waals surface area contributed by atoms with Gasteiger partial charge in [0.1, 0.15) is 24.4 Å². The maximum absolute atomic E-state index is 13.3. The fourth-order valence-electron chi connectivity index (χ4n) is 4.76. The Morgan fingerprint density at radius 1 is 1.22 bits per heavy atom. The van der Waals surface area contributed by atoms with E-state index in [1.165, 1.54) is 43.3 Å². The molecule has 13 nitrogen and oxygen atoms in total. The smallest absolute Gasteiger partial charge is 0.329 e. The zero-order valence-corrected chi connectivity index (χ0v) is 21.8. The zero-order chi connectivity index (χ0) is 29.5. The molecular weight excluding hydrogens is 545 g/mol. The Hall–Kier alpha value is -5.07. The van der Waals surface area contributed by atoms with E-state index in [1.807, 2.05) is 0 Å². The molecule has 0 unspecified atom stereocenters. The summed E-state index contributed by atoms with van der Waals surface area (Å²) in [5.74, 6) is -0.405. The number of hydrogen-bond acceptors (Lipinski definition) is 9. The first-order chi connectivity index (χ1) is 19.5. The largest absolute Gasteiger partial charge is 0.408 e. The Morgan fingerprint density at radius 2 is 1.95 bits per heavy atom. The van der Waals surface area contributed by atoms with Crippen molar-refractivity contribution in [3.05, 3.63) is 57.8 Å². The summed E-state index contributed by atoms with van der Waals surface area (Å²) in [6.07, 6.45) is 0.00626. The second kappa shape index (κ2) is 10.5. The summed E-state index contributed by atoms with van der Waals surface area (Å²) in [6, 6.07) is 3.98. The van der Waals surface area contributed by atoms with Crippen LogP contribution in [-0.2, 0) is 18.4 Å². The molecule has 2 atom stereocenters. The molecule has 0 aliphatic carbocycles. The standard InChI is InChI=1S/C25H23F3N10O3/c1-14(38-13-32-20-19(38)22(40)37(10-8-29)24(41)35(20)2)21(39)34-18-7-3-5-16(33-18)15-11-30-23(31-12-15)36-9-4-6-17(36)25(26,27)28/h3,5,7,11-14,17H,4,6,9-10H2,1-2H3,(H,33,34,39)/t14-,17-/m0/s1. The van der Waals surface area contributed by atoms with E-state index < -0.39 is 42.0 Å². The number of nitriles is 1. The summed E-state index contributed by atoms with van der Waals surface area (Å²) in [7, 11) is 1.41. The number of rotatable bonds is 6. The number of carbonyl (C=O) groups is 1. The second-order valence-corrected chi connectivity index (χ2v) is 9.45. The van der Waals surface area contributed by atoms with Gasteiger partial charge in [0.2, 0.25) is 11.9 Å². The van der Waals surface area contributed by atoms with Crippen LogP contribution in [0.1, 0.15) is 25.8 Å². The van der Waals surface area contributed by atoms with Crippen LogP contribution in [-0.4, -0.2) is 58.3 Å². The van der Waals surface area contributed by atoms with Crippen molar-refractivity contribution in [3.8, 4) is 17.3 Å². The lowest BCUT2D eigenvalue weighted by molar-refractivity contribution is -0.146. The SMILES string of the molecule is C[C@@H](C(=O)Nc1cccc(-c2cnc(N3CCC[C@H]3C(F)(F)F)nc2)n1)n1cnc2c1c(=O)n(CC#N)c(=O)n2C. The van der Waals surface area contributed by atoms with Crippen LogP contribution in [0.2, 0.25) is 0 Å². The van der Waals surface area contributed by atoms with Crippen LogP contribution in [0.5, 0.6) is 0 Å². The van der Waals surface area contributed by atoms with Gasteiger partial charge in [0.15, 0.2) is 11.2 Å². The van der Waals surface area contributed by atoms with E-state index >= 15 is 0 Å². The number of aryl methyl sites for hydroxylation is 1. The van der Waals surface area contributed by atoms with Gasteiger partial charge in [-0.3, -0.25) is 14.2 Å². The minimum Gasteiger partial charge on any atom is -0.329 e. The van der Waals surface area contributed by atoms with Gasteiger partial charge in [-0.05, 0) is 31.9 Å². The number of pyridine rings is 1. The number of anilines is 2. The van der Waals surface area contributed by atoms with E-state index in [9.17, 15) is 27.6 Å². The maximum atomic E-state index is 13.3. The molecule has 5 heterocycles. The molecular formula is C25H23F3N10O3. The zero-order valence-electron chi connectivity index (χ0n) is 21.8. The molecule has 5 rings (SSSR count). The molecule has 41 heavy (non-hydrogen) atoms. The molecule has 212 valence electrons. The number of hydrogen-bond donors (Lipinski definition) is 1. The summed E-state index contributed by atoms with van der Waals surface area (Å²) in [5, 5.41) is 11.7. The van der Waals surface area contributed by atoms with E-state index in [4.69, 9.17) is 5.26 Å². The number of carbonyl (C=O) groups excluding carboxylic acids is 1. The van der Waals surface area contributed by atoms with E-state index in [0.29, 0.717) is 17.7 Å². The lowest BCUT2D eigenvalue weighted by Gasteiger charge is -2.26. The van der Waals surface area contributed by atoms with Crippen LogP contribution < -0.4 is 21.5 Å². The minimum atomic E-state index is -4.38. The number of halogens is 3. The minimum absolute atomic E-state index is 0.0146. The van der Waals surface area contributed by atoms with Gasteiger partial charge in [-0.2, -0.15) is 18.4 Å². The van der Waals surface area contributed by atoms with Gasteiger partial charge in [0.05, 0.1) is 18.1 Å². The fourth-order valence-corrected chi connectivity index (χ4v) is 4.76. The highest BCUT2D eigenvalue weighted by molar-refractivity contribution is 5.93. The van der Waals surface area contributed by atoms with Crippen LogP contribution >= 0.6 is 0 Å². The molecule has 1 aliphatic heterocycles.